The Morgan fingerprint density at radius 3 is 2.68 bits per heavy atom. The molecule has 0 bridgehead atoms. The molecule has 0 saturated carbocycles. The Morgan fingerprint density at radius 1 is 1.45 bits per heavy atom. The average Bonchev–Trinajstić information content (AvgIpc) is 2.53. The van der Waals surface area contributed by atoms with Gasteiger partial charge in [-0.3, -0.25) is 10.1 Å². The lowest BCUT2D eigenvalue weighted by molar-refractivity contribution is -0.384. The van der Waals surface area contributed by atoms with Crippen molar-refractivity contribution >= 4 is 11.4 Å². The van der Waals surface area contributed by atoms with Gasteiger partial charge in [0.1, 0.15) is 5.69 Å². The summed E-state index contributed by atoms with van der Waals surface area (Å²) in [5, 5.41) is 14.5. The van der Waals surface area contributed by atoms with E-state index < -0.39 is 10.7 Å². The van der Waals surface area contributed by atoms with E-state index in [9.17, 15) is 14.5 Å². The van der Waals surface area contributed by atoms with E-state index in [1.807, 2.05) is 4.90 Å². The molecule has 1 aromatic rings. The molecule has 6 nitrogen and oxygen atoms in total. The van der Waals surface area contributed by atoms with Crippen molar-refractivity contribution in [2.75, 3.05) is 38.2 Å². The van der Waals surface area contributed by atoms with Crippen LogP contribution in [0.3, 0.4) is 0 Å². The maximum Gasteiger partial charge on any atom is 0.295 e. The molecule has 1 aromatic carbocycles. The summed E-state index contributed by atoms with van der Waals surface area (Å²) < 4.78 is 18.7. The van der Waals surface area contributed by atoms with Crippen LogP contribution in [0, 0.1) is 21.8 Å². The van der Waals surface area contributed by atoms with E-state index in [1.54, 1.807) is 0 Å². The van der Waals surface area contributed by atoms with Crippen LogP contribution in [0.2, 0.25) is 0 Å². The minimum Gasteiger partial charge on any atom is -0.494 e. The van der Waals surface area contributed by atoms with E-state index in [-0.39, 0.29) is 11.4 Å². The van der Waals surface area contributed by atoms with E-state index in [0.29, 0.717) is 11.6 Å². The summed E-state index contributed by atoms with van der Waals surface area (Å²) >= 11 is 0. The fourth-order valence-corrected chi connectivity index (χ4v) is 2.81. The number of nitrogens with zero attached hydrogens (tertiary/aromatic N) is 2. The molecule has 1 aliphatic heterocycles. The van der Waals surface area contributed by atoms with Crippen molar-refractivity contribution in [3.05, 3.63) is 28.1 Å². The topological polar surface area (TPSA) is 67.6 Å². The third-order valence-electron chi connectivity index (χ3n) is 4.08. The fourth-order valence-electron chi connectivity index (χ4n) is 2.81. The first-order chi connectivity index (χ1) is 10.6. The van der Waals surface area contributed by atoms with E-state index in [1.165, 1.54) is 13.2 Å². The van der Waals surface area contributed by atoms with Crippen LogP contribution in [0.15, 0.2) is 12.1 Å². The number of nitrogens with one attached hydrogen (secondary N) is 1. The van der Waals surface area contributed by atoms with E-state index in [4.69, 9.17) is 4.74 Å². The van der Waals surface area contributed by atoms with Gasteiger partial charge in [-0.1, -0.05) is 6.92 Å². The van der Waals surface area contributed by atoms with Crippen molar-refractivity contribution in [2.24, 2.45) is 5.92 Å². The van der Waals surface area contributed by atoms with Gasteiger partial charge in [-0.25, -0.2) is 4.39 Å². The maximum atomic E-state index is 13.7. The predicted octanol–water partition coefficient (Wildman–Crippen LogP) is 2.57. The number of halogens is 1. The second-order valence-electron chi connectivity index (χ2n) is 5.47. The van der Waals surface area contributed by atoms with Crippen molar-refractivity contribution < 1.29 is 14.1 Å². The quantitative estimate of drug-likeness (QED) is 0.646. The molecule has 22 heavy (non-hydrogen) atoms. The minimum absolute atomic E-state index is 0.0374. The van der Waals surface area contributed by atoms with Crippen LogP contribution in [0.25, 0.3) is 0 Å². The molecule has 2 rings (SSSR count). The number of piperidine rings is 1. The molecule has 7 heteroatoms. The Kier molecular flexibility index (Phi) is 5.54. The fraction of sp³-hybridized carbons (Fsp3) is 0.600. The summed E-state index contributed by atoms with van der Waals surface area (Å²) in [6, 6.07) is 2.37. The smallest absolute Gasteiger partial charge is 0.295 e. The molecular weight excluding hydrogens is 289 g/mol. The molecule has 0 aliphatic carbocycles. The number of benzene rings is 1. The van der Waals surface area contributed by atoms with Gasteiger partial charge in [-0.15, -0.1) is 0 Å². The first kappa shape index (κ1) is 16.5. The van der Waals surface area contributed by atoms with E-state index in [0.717, 1.165) is 45.1 Å². The van der Waals surface area contributed by atoms with Crippen molar-refractivity contribution in [3.63, 3.8) is 0 Å². The molecule has 0 unspecified atom stereocenters. The Bertz CT molecular complexity index is 531. The second-order valence-corrected chi connectivity index (χ2v) is 5.47. The molecule has 122 valence electrons. The number of hydrogen-bond donors (Lipinski definition) is 1. The minimum atomic E-state index is -0.708. The largest absolute Gasteiger partial charge is 0.494 e. The van der Waals surface area contributed by atoms with Gasteiger partial charge in [0, 0.05) is 19.2 Å². The summed E-state index contributed by atoms with van der Waals surface area (Å²) in [6.45, 7) is 5.45. The van der Waals surface area contributed by atoms with Crippen LogP contribution in [-0.4, -0.2) is 38.2 Å². The number of anilines is 1. The highest BCUT2D eigenvalue weighted by Gasteiger charge is 2.27. The Balaban J connectivity index is 2.16. The summed E-state index contributed by atoms with van der Waals surface area (Å²) in [7, 11) is 1.36. The molecule has 0 radical (unpaired) electrons. The zero-order chi connectivity index (χ0) is 16.1. The molecule has 0 aromatic heterocycles. The molecule has 1 N–H and O–H groups in total. The number of ether oxygens (including phenoxy) is 1. The van der Waals surface area contributed by atoms with Gasteiger partial charge in [0.15, 0.2) is 11.6 Å². The van der Waals surface area contributed by atoms with Crippen molar-refractivity contribution in [3.8, 4) is 5.75 Å². The number of nitro groups is 1. The molecule has 1 fully saturated rings. The van der Waals surface area contributed by atoms with Crippen molar-refractivity contribution in [1.29, 1.82) is 0 Å². The van der Waals surface area contributed by atoms with Crippen LogP contribution >= 0.6 is 0 Å². The van der Waals surface area contributed by atoms with Gasteiger partial charge in [0.2, 0.25) is 0 Å². The highest BCUT2D eigenvalue weighted by atomic mass is 19.1. The van der Waals surface area contributed by atoms with Crippen molar-refractivity contribution in [2.45, 2.75) is 19.8 Å². The molecule has 0 spiro atoms. The maximum absolute atomic E-state index is 13.7. The van der Waals surface area contributed by atoms with Crippen LogP contribution in [0.4, 0.5) is 15.8 Å². The molecule has 1 saturated heterocycles. The van der Waals surface area contributed by atoms with Gasteiger partial charge in [0.05, 0.1) is 18.1 Å². The summed E-state index contributed by atoms with van der Waals surface area (Å²) in [6.07, 6.45) is 1.92. The summed E-state index contributed by atoms with van der Waals surface area (Å²) in [5.41, 5.74) is 0.230. The Labute approximate surface area is 129 Å². The molecule has 1 heterocycles. The zero-order valence-electron chi connectivity index (χ0n) is 13.0. The molecule has 0 amide bonds. The van der Waals surface area contributed by atoms with Gasteiger partial charge < -0.3 is 15.0 Å². The third-order valence-corrected chi connectivity index (χ3v) is 4.08. The van der Waals surface area contributed by atoms with Crippen LogP contribution in [0.5, 0.6) is 5.75 Å². The second kappa shape index (κ2) is 7.40. The normalized spacial score (nSPS) is 15.9. The van der Waals surface area contributed by atoms with Gasteiger partial charge >= 0.3 is 0 Å². The first-order valence-electron chi connectivity index (χ1n) is 7.54. The molecule has 1 aliphatic rings. The highest BCUT2D eigenvalue weighted by molar-refractivity contribution is 5.66. The van der Waals surface area contributed by atoms with Crippen LogP contribution in [0.1, 0.15) is 19.8 Å². The SMILES string of the molecule is CCNCC1CCN(c2cc(OC)c(F)cc2[N+](=O)[O-])CC1. The van der Waals surface area contributed by atoms with Gasteiger partial charge in [-0.05, 0) is 31.8 Å². The molecular formula is C15H22FN3O3. The van der Waals surface area contributed by atoms with Gasteiger partial charge in [0.25, 0.3) is 5.69 Å². The van der Waals surface area contributed by atoms with Crippen LogP contribution in [-0.2, 0) is 0 Å². The highest BCUT2D eigenvalue weighted by Crippen LogP contribution is 2.36. The van der Waals surface area contributed by atoms with Gasteiger partial charge in [-0.2, -0.15) is 0 Å². The van der Waals surface area contributed by atoms with E-state index in [2.05, 4.69) is 12.2 Å². The monoisotopic (exact) mass is 311 g/mol. The lowest BCUT2D eigenvalue weighted by Gasteiger charge is -2.33. The average molecular weight is 311 g/mol. The Morgan fingerprint density at radius 2 is 2.14 bits per heavy atom. The first-order valence-corrected chi connectivity index (χ1v) is 7.54. The standard InChI is InChI=1S/C15H22FN3O3/c1-3-17-10-11-4-6-18(7-5-11)13-9-15(22-2)12(16)8-14(13)19(20)21/h8-9,11,17H,3-7,10H2,1-2H3. The zero-order valence-corrected chi connectivity index (χ0v) is 13.0. The number of hydrogen-bond acceptors (Lipinski definition) is 5. The number of methoxy groups -OCH3 is 1. The summed E-state index contributed by atoms with van der Waals surface area (Å²) in [5.74, 6) is -0.0899. The molecule has 0 atom stereocenters. The lowest BCUT2D eigenvalue weighted by Crippen LogP contribution is -2.37. The predicted molar refractivity (Wildman–Crippen MR) is 83.1 cm³/mol. The van der Waals surface area contributed by atoms with Crippen LogP contribution < -0.4 is 15.0 Å². The number of rotatable bonds is 6. The Hall–Kier alpha value is -1.89. The third kappa shape index (κ3) is 3.65. The number of nitro benzene ring substituents is 1. The lowest BCUT2D eigenvalue weighted by atomic mass is 9.96. The summed E-state index contributed by atoms with van der Waals surface area (Å²) in [4.78, 5) is 12.6. The van der Waals surface area contributed by atoms with Crippen molar-refractivity contribution in [1.82, 2.24) is 5.32 Å². The van der Waals surface area contributed by atoms with E-state index >= 15 is 0 Å².